The number of aromatic nitrogens is 3. The molecule has 7 heteroatoms. The number of morpholine rings is 1. The van der Waals surface area contributed by atoms with Gasteiger partial charge >= 0.3 is 0 Å². The van der Waals surface area contributed by atoms with E-state index in [-0.39, 0.29) is 11.6 Å². The molecule has 2 aromatic heterocycles. The molecule has 3 rings (SSSR count). The highest BCUT2D eigenvalue weighted by Crippen LogP contribution is 2.12. The Labute approximate surface area is 128 Å². The van der Waals surface area contributed by atoms with Crippen LogP contribution in [0.25, 0.3) is 0 Å². The molecule has 0 unspecified atom stereocenters. The third-order valence-electron chi connectivity index (χ3n) is 3.37. The minimum absolute atomic E-state index is 0.263. The molecule has 7 nitrogen and oxygen atoms in total. The van der Waals surface area contributed by atoms with E-state index in [4.69, 9.17) is 4.74 Å². The van der Waals surface area contributed by atoms with Gasteiger partial charge in [-0.25, -0.2) is 4.98 Å². The van der Waals surface area contributed by atoms with Crippen LogP contribution in [0.3, 0.4) is 0 Å². The van der Waals surface area contributed by atoms with Gasteiger partial charge < -0.3 is 15.0 Å². The second kappa shape index (κ2) is 6.48. The molecule has 1 N–H and O–H groups in total. The number of hydrogen-bond acceptors (Lipinski definition) is 6. The summed E-state index contributed by atoms with van der Waals surface area (Å²) >= 11 is 0. The molecule has 0 saturated carbocycles. The first-order chi connectivity index (χ1) is 10.7. The minimum atomic E-state index is -0.322. The Hall–Kier alpha value is -2.54. The molecule has 22 heavy (non-hydrogen) atoms. The number of rotatable bonds is 3. The number of carbonyl (C=O) groups is 1. The molecule has 0 radical (unpaired) electrons. The largest absolute Gasteiger partial charge is 0.378 e. The number of anilines is 2. The van der Waals surface area contributed by atoms with Crippen LogP contribution in [0.1, 0.15) is 16.1 Å². The monoisotopic (exact) mass is 299 g/mol. The van der Waals surface area contributed by atoms with Crippen LogP contribution >= 0.6 is 0 Å². The average Bonchev–Trinajstić information content (AvgIpc) is 2.58. The van der Waals surface area contributed by atoms with E-state index in [1.807, 2.05) is 13.0 Å². The first-order valence-corrected chi connectivity index (χ1v) is 7.13. The van der Waals surface area contributed by atoms with E-state index < -0.39 is 0 Å². The number of nitrogens with zero attached hydrogens (tertiary/aromatic N) is 4. The summed E-state index contributed by atoms with van der Waals surface area (Å²) in [7, 11) is 0. The van der Waals surface area contributed by atoms with Gasteiger partial charge in [-0.1, -0.05) is 6.07 Å². The fraction of sp³-hybridized carbons (Fsp3) is 0.333. The molecular formula is C15H17N5O2. The maximum Gasteiger partial charge on any atom is 0.277 e. The highest BCUT2D eigenvalue weighted by molar-refractivity contribution is 6.02. The lowest BCUT2D eigenvalue weighted by Gasteiger charge is -2.27. The standard InChI is InChI=1S/C15H17N5O2/c1-11-2-4-13(16-10-11)17-15(21)12-3-5-14(19-18-12)20-6-8-22-9-7-20/h2-5,10H,6-9H2,1H3,(H,16,17,21). The van der Waals surface area contributed by atoms with Crippen molar-refractivity contribution in [2.24, 2.45) is 0 Å². The van der Waals surface area contributed by atoms with E-state index in [2.05, 4.69) is 25.4 Å². The van der Waals surface area contributed by atoms with Gasteiger partial charge in [0.05, 0.1) is 13.2 Å². The van der Waals surface area contributed by atoms with Crippen LogP contribution in [0.2, 0.25) is 0 Å². The third kappa shape index (κ3) is 3.37. The Kier molecular flexibility index (Phi) is 4.24. The summed E-state index contributed by atoms with van der Waals surface area (Å²) in [5.74, 6) is 0.931. The molecule has 1 saturated heterocycles. The smallest absolute Gasteiger partial charge is 0.277 e. The second-order valence-corrected chi connectivity index (χ2v) is 5.05. The molecule has 0 atom stereocenters. The van der Waals surface area contributed by atoms with Crippen LogP contribution in [-0.2, 0) is 4.74 Å². The summed E-state index contributed by atoms with van der Waals surface area (Å²) in [6.07, 6.45) is 1.70. The first-order valence-electron chi connectivity index (χ1n) is 7.13. The lowest BCUT2D eigenvalue weighted by Crippen LogP contribution is -2.37. The van der Waals surface area contributed by atoms with Crippen LogP contribution in [0.4, 0.5) is 11.6 Å². The van der Waals surface area contributed by atoms with E-state index in [1.54, 1.807) is 24.4 Å². The Bertz CT molecular complexity index is 636. The molecule has 1 aliphatic heterocycles. The van der Waals surface area contributed by atoms with Gasteiger partial charge in [-0.3, -0.25) is 4.79 Å². The van der Waals surface area contributed by atoms with Gasteiger partial charge in [0.1, 0.15) is 5.82 Å². The van der Waals surface area contributed by atoms with Crippen LogP contribution in [0.5, 0.6) is 0 Å². The molecule has 0 aliphatic carbocycles. The first kappa shape index (κ1) is 14.4. The van der Waals surface area contributed by atoms with Crippen molar-refractivity contribution in [3.63, 3.8) is 0 Å². The molecular weight excluding hydrogens is 282 g/mol. The molecule has 0 spiro atoms. The van der Waals surface area contributed by atoms with Crippen molar-refractivity contribution in [1.29, 1.82) is 0 Å². The number of hydrogen-bond donors (Lipinski definition) is 1. The van der Waals surface area contributed by atoms with Crippen molar-refractivity contribution in [1.82, 2.24) is 15.2 Å². The highest BCUT2D eigenvalue weighted by Gasteiger charge is 2.14. The maximum atomic E-state index is 12.1. The van der Waals surface area contributed by atoms with Gasteiger partial charge in [-0.2, -0.15) is 0 Å². The number of ether oxygens (including phenoxy) is 1. The SMILES string of the molecule is Cc1ccc(NC(=O)c2ccc(N3CCOCC3)nn2)nc1. The second-order valence-electron chi connectivity index (χ2n) is 5.05. The molecule has 0 aromatic carbocycles. The third-order valence-corrected chi connectivity index (χ3v) is 3.37. The summed E-state index contributed by atoms with van der Waals surface area (Å²) in [5.41, 5.74) is 1.30. The van der Waals surface area contributed by atoms with Crippen LogP contribution in [0, 0.1) is 6.92 Å². The van der Waals surface area contributed by atoms with E-state index in [9.17, 15) is 4.79 Å². The summed E-state index contributed by atoms with van der Waals surface area (Å²) in [6, 6.07) is 7.11. The molecule has 1 amide bonds. The maximum absolute atomic E-state index is 12.1. The van der Waals surface area contributed by atoms with E-state index >= 15 is 0 Å². The zero-order valence-corrected chi connectivity index (χ0v) is 12.3. The lowest BCUT2D eigenvalue weighted by molar-refractivity contribution is 0.102. The average molecular weight is 299 g/mol. The Balaban J connectivity index is 1.66. The predicted octanol–water partition coefficient (Wildman–Crippen LogP) is 1.27. The molecule has 0 bridgehead atoms. The van der Waals surface area contributed by atoms with Crippen molar-refractivity contribution >= 4 is 17.5 Å². The van der Waals surface area contributed by atoms with Crippen LogP contribution in [-0.4, -0.2) is 47.4 Å². The van der Waals surface area contributed by atoms with Gasteiger partial charge in [0.15, 0.2) is 11.5 Å². The Morgan fingerprint density at radius 1 is 1.18 bits per heavy atom. The fourth-order valence-corrected chi connectivity index (χ4v) is 2.13. The predicted molar refractivity (Wildman–Crippen MR) is 82.0 cm³/mol. The van der Waals surface area contributed by atoms with Crippen LogP contribution in [0.15, 0.2) is 30.5 Å². The molecule has 2 aromatic rings. The summed E-state index contributed by atoms with van der Waals surface area (Å²) in [4.78, 5) is 18.3. The van der Waals surface area contributed by atoms with Crippen molar-refractivity contribution < 1.29 is 9.53 Å². The normalized spacial score (nSPS) is 14.7. The van der Waals surface area contributed by atoms with Crippen molar-refractivity contribution in [2.75, 3.05) is 36.5 Å². The molecule has 1 aliphatic rings. The minimum Gasteiger partial charge on any atom is -0.378 e. The van der Waals surface area contributed by atoms with E-state index in [1.165, 1.54) is 0 Å². The lowest BCUT2D eigenvalue weighted by atomic mass is 10.3. The van der Waals surface area contributed by atoms with Gasteiger partial charge in [-0.05, 0) is 30.7 Å². The molecule has 3 heterocycles. The Morgan fingerprint density at radius 2 is 2.00 bits per heavy atom. The van der Waals surface area contributed by atoms with E-state index in [0.29, 0.717) is 19.0 Å². The van der Waals surface area contributed by atoms with Crippen LogP contribution < -0.4 is 10.2 Å². The van der Waals surface area contributed by atoms with Gasteiger partial charge in [0, 0.05) is 19.3 Å². The number of carbonyl (C=O) groups excluding carboxylic acids is 1. The summed E-state index contributed by atoms with van der Waals surface area (Å²) in [5, 5.41) is 10.8. The van der Waals surface area contributed by atoms with Gasteiger partial charge in [-0.15, -0.1) is 10.2 Å². The quantitative estimate of drug-likeness (QED) is 0.919. The van der Waals surface area contributed by atoms with Gasteiger partial charge in [0.2, 0.25) is 0 Å². The summed E-state index contributed by atoms with van der Waals surface area (Å²) < 4.78 is 5.30. The van der Waals surface area contributed by atoms with Gasteiger partial charge in [0.25, 0.3) is 5.91 Å². The summed E-state index contributed by atoms with van der Waals surface area (Å²) in [6.45, 7) is 4.88. The highest BCUT2D eigenvalue weighted by atomic mass is 16.5. The number of nitrogens with one attached hydrogen (secondary N) is 1. The zero-order valence-electron chi connectivity index (χ0n) is 12.3. The number of pyridine rings is 1. The van der Waals surface area contributed by atoms with Crippen molar-refractivity contribution in [3.05, 3.63) is 41.7 Å². The van der Waals surface area contributed by atoms with Crippen molar-refractivity contribution in [3.8, 4) is 0 Å². The fourth-order valence-electron chi connectivity index (χ4n) is 2.13. The number of aryl methyl sites for hydroxylation is 1. The topological polar surface area (TPSA) is 80.2 Å². The van der Waals surface area contributed by atoms with E-state index in [0.717, 1.165) is 24.5 Å². The number of amides is 1. The Morgan fingerprint density at radius 3 is 2.64 bits per heavy atom. The molecule has 114 valence electrons. The molecule has 1 fully saturated rings. The zero-order chi connectivity index (χ0) is 15.4. The van der Waals surface area contributed by atoms with Crippen molar-refractivity contribution in [2.45, 2.75) is 6.92 Å².